The van der Waals surface area contributed by atoms with Crippen LogP contribution in [0.15, 0.2) is 91.1 Å². The van der Waals surface area contributed by atoms with Crippen LogP contribution in [0.3, 0.4) is 0 Å². The summed E-state index contributed by atoms with van der Waals surface area (Å²) in [6.45, 7) is 5.08. The number of hydrogen-bond acceptors (Lipinski definition) is 4. The van der Waals surface area contributed by atoms with Crippen molar-refractivity contribution in [2.45, 2.75) is 116 Å². The Labute approximate surface area is 285 Å². The fraction of sp³-hybridized carbons (Fsp3) is 0.465. The molecule has 0 saturated carbocycles. The van der Waals surface area contributed by atoms with E-state index < -0.39 is 5.72 Å². The lowest BCUT2D eigenvalue weighted by molar-refractivity contribution is -0.00199. The lowest BCUT2D eigenvalue weighted by Crippen LogP contribution is -2.45. The first-order valence-corrected chi connectivity index (χ1v) is 18.4. The van der Waals surface area contributed by atoms with Gasteiger partial charge in [0.15, 0.2) is 0 Å². The number of aromatic nitrogens is 1. The second kappa shape index (κ2) is 17.5. The maximum absolute atomic E-state index is 7.00. The summed E-state index contributed by atoms with van der Waals surface area (Å²) >= 11 is 0. The Hall–Kier alpha value is -3.63. The number of hydrogen-bond donors (Lipinski definition) is 0. The van der Waals surface area contributed by atoms with Crippen LogP contribution in [0.1, 0.15) is 119 Å². The van der Waals surface area contributed by atoms with Gasteiger partial charge in [0.2, 0.25) is 5.72 Å². The van der Waals surface area contributed by atoms with Crippen molar-refractivity contribution in [3.63, 3.8) is 0 Å². The monoisotopic (exact) mass is 631 g/mol. The number of anilines is 3. The molecule has 0 amide bonds. The van der Waals surface area contributed by atoms with Gasteiger partial charge in [0.05, 0.1) is 6.61 Å². The van der Waals surface area contributed by atoms with Gasteiger partial charge in [-0.3, -0.25) is 4.98 Å². The third kappa shape index (κ3) is 8.65. The summed E-state index contributed by atoms with van der Waals surface area (Å²) in [6.07, 6.45) is 19.9. The van der Waals surface area contributed by atoms with E-state index in [0.29, 0.717) is 6.61 Å². The predicted octanol–water partition coefficient (Wildman–Crippen LogP) is 11.5. The number of unbranched alkanes of at least 4 members (excludes halogenated alkanes) is 10. The van der Waals surface area contributed by atoms with Crippen molar-refractivity contribution in [1.29, 1.82) is 0 Å². The summed E-state index contributed by atoms with van der Waals surface area (Å²) in [5.74, 6) is 0. The molecule has 0 N–H and O–H groups in total. The minimum absolute atomic E-state index is 0.515. The number of rotatable bonds is 19. The number of benzene rings is 3. The molecular formula is C43H57N3O. The zero-order valence-electron chi connectivity index (χ0n) is 29.5. The van der Waals surface area contributed by atoms with Gasteiger partial charge in [-0.05, 0) is 79.3 Å². The third-order valence-electron chi connectivity index (χ3n) is 9.77. The Morgan fingerprint density at radius 3 is 1.60 bits per heavy atom. The van der Waals surface area contributed by atoms with Crippen LogP contribution in [0, 0.1) is 0 Å². The van der Waals surface area contributed by atoms with Crippen LogP contribution in [0.5, 0.6) is 0 Å². The number of aryl methyl sites for hydroxylation is 2. The number of ether oxygens (including phenoxy) is 1. The van der Waals surface area contributed by atoms with E-state index in [0.717, 1.165) is 46.7 Å². The quantitative estimate of drug-likeness (QED) is 0.0963. The summed E-state index contributed by atoms with van der Waals surface area (Å²) in [5.41, 5.74) is 8.44. The molecule has 5 rings (SSSR count). The van der Waals surface area contributed by atoms with Crippen molar-refractivity contribution in [1.82, 2.24) is 4.98 Å². The molecule has 0 spiro atoms. The van der Waals surface area contributed by atoms with E-state index in [9.17, 15) is 0 Å². The fourth-order valence-corrected chi connectivity index (χ4v) is 6.97. The van der Waals surface area contributed by atoms with E-state index in [1.165, 1.54) is 88.2 Å². The molecule has 0 radical (unpaired) electrons. The minimum atomic E-state index is -0.900. The number of pyridine rings is 1. The fourth-order valence-electron chi connectivity index (χ4n) is 6.97. The molecular weight excluding hydrogens is 574 g/mol. The first kappa shape index (κ1) is 34.7. The van der Waals surface area contributed by atoms with Crippen molar-refractivity contribution >= 4 is 17.1 Å². The smallest absolute Gasteiger partial charge is 0.216 e. The summed E-state index contributed by atoms with van der Waals surface area (Å²) < 4.78 is 7.00. The molecule has 2 heterocycles. The molecule has 0 saturated heterocycles. The molecule has 1 aliphatic heterocycles. The van der Waals surface area contributed by atoms with Crippen molar-refractivity contribution < 1.29 is 4.74 Å². The van der Waals surface area contributed by atoms with Crippen LogP contribution >= 0.6 is 0 Å². The minimum Gasteiger partial charge on any atom is -0.378 e. The Bertz CT molecular complexity index is 1420. The van der Waals surface area contributed by atoms with Crippen LogP contribution in [-0.2, 0) is 29.9 Å². The second-order valence-electron chi connectivity index (χ2n) is 13.6. The Morgan fingerprint density at radius 2 is 1.09 bits per heavy atom. The van der Waals surface area contributed by atoms with E-state index in [1.807, 2.05) is 12.3 Å². The highest BCUT2D eigenvalue weighted by molar-refractivity contribution is 5.70. The van der Waals surface area contributed by atoms with Gasteiger partial charge in [0.1, 0.15) is 5.69 Å². The van der Waals surface area contributed by atoms with E-state index in [2.05, 4.69) is 117 Å². The molecule has 4 aromatic rings. The van der Waals surface area contributed by atoms with Crippen molar-refractivity contribution in [3.8, 4) is 0 Å². The zero-order valence-corrected chi connectivity index (χ0v) is 29.5. The lowest BCUT2D eigenvalue weighted by atomic mass is 9.93. The molecule has 0 fully saturated rings. The summed E-state index contributed by atoms with van der Waals surface area (Å²) in [7, 11) is 4.17. The zero-order chi connectivity index (χ0) is 32.9. The van der Waals surface area contributed by atoms with Crippen LogP contribution in [-0.4, -0.2) is 19.1 Å². The molecule has 47 heavy (non-hydrogen) atoms. The van der Waals surface area contributed by atoms with Crippen molar-refractivity contribution in [2.24, 2.45) is 0 Å². The first-order valence-electron chi connectivity index (χ1n) is 18.4. The maximum Gasteiger partial charge on any atom is 0.216 e. The first-order chi connectivity index (χ1) is 23.1. The molecule has 1 aromatic heterocycles. The van der Waals surface area contributed by atoms with Crippen LogP contribution in [0.25, 0.3) is 0 Å². The van der Waals surface area contributed by atoms with E-state index >= 15 is 0 Å². The Morgan fingerprint density at radius 1 is 0.596 bits per heavy atom. The SMILES string of the molecule is CCCCCCCCc1ccc(N(c2ccc(CCCCCCCC)cc2)C2(c3ccc(N(C)C)cc3)OCc3cccnc32)cc1. The largest absolute Gasteiger partial charge is 0.378 e. The van der Waals surface area contributed by atoms with E-state index in [1.54, 1.807) is 0 Å². The van der Waals surface area contributed by atoms with Crippen LogP contribution < -0.4 is 9.80 Å². The summed E-state index contributed by atoms with van der Waals surface area (Å²) in [6, 6.07) is 31.4. The molecule has 1 unspecified atom stereocenters. The van der Waals surface area contributed by atoms with Crippen LogP contribution in [0.4, 0.5) is 17.1 Å². The topological polar surface area (TPSA) is 28.6 Å². The van der Waals surface area contributed by atoms with Gasteiger partial charge in [-0.25, -0.2) is 0 Å². The Kier molecular flexibility index (Phi) is 12.9. The molecule has 250 valence electrons. The molecule has 4 nitrogen and oxygen atoms in total. The number of nitrogens with zero attached hydrogens (tertiary/aromatic N) is 3. The average molecular weight is 632 g/mol. The van der Waals surface area contributed by atoms with Gasteiger partial charge < -0.3 is 14.5 Å². The Balaban J connectivity index is 1.49. The van der Waals surface area contributed by atoms with Gasteiger partial charge >= 0.3 is 0 Å². The molecule has 0 aliphatic carbocycles. The standard InChI is InChI=1S/C43H57N3O/c1-5-7-9-11-13-15-18-35-21-27-40(28-22-35)46(41-29-23-36(24-30-41)19-16-14-12-10-8-6-2)43(38-25-31-39(32-26-38)45(3)4)42-37(34-47-43)20-17-33-44-42/h17,20-33H,5-16,18-19,34H2,1-4H3. The molecule has 3 aromatic carbocycles. The highest BCUT2D eigenvalue weighted by atomic mass is 16.5. The molecule has 4 heteroatoms. The highest BCUT2D eigenvalue weighted by Crippen LogP contribution is 2.49. The highest BCUT2D eigenvalue weighted by Gasteiger charge is 2.49. The summed E-state index contributed by atoms with van der Waals surface area (Å²) in [4.78, 5) is 9.55. The number of fused-ring (bicyclic) bond motifs is 1. The maximum atomic E-state index is 7.00. The van der Waals surface area contributed by atoms with Gasteiger partial charge in [-0.2, -0.15) is 0 Å². The molecule has 0 bridgehead atoms. The van der Waals surface area contributed by atoms with Crippen molar-refractivity contribution in [2.75, 3.05) is 23.9 Å². The lowest BCUT2D eigenvalue weighted by Gasteiger charge is -2.42. The molecule has 1 atom stereocenters. The predicted molar refractivity (Wildman–Crippen MR) is 200 cm³/mol. The van der Waals surface area contributed by atoms with E-state index in [4.69, 9.17) is 9.72 Å². The van der Waals surface area contributed by atoms with E-state index in [-0.39, 0.29) is 0 Å². The average Bonchev–Trinajstić information content (AvgIpc) is 3.49. The second-order valence-corrected chi connectivity index (χ2v) is 13.6. The van der Waals surface area contributed by atoms with Gasteiger partial charge in [0.25, 0.3) is 0 Å². The normalized spacial score (nSPS) is 15.5. The third-order valence-corrected chi connectivity index (χ3v) is 9.77. The van der Waals surface area contributed by atoms with Crippen molar-refractivity contribution in [3.05, 3.63) is 119 Å². The van der Waals surface area contributed by atoms with Gasteiger partial charge in [-0.1, -0.05) is 121 Å². The van der Waals surface area contributed by atoms with Gasteiger partial charge in [0, 0.05) is 48.5 Å². The van der Waals surface area contributed by atoms with Gasteiger partial charge in [-0.15, -0.1) is 0 Å². The van der Waals surface area contributed by atoms with Crippen LogP contribution in [0.2, 0.25) is 0 Å². The summed E-state index contributed by atoms with van der Waals surface area (Å²) in [5, 5.41) is 0. The molecule has 1 aliphatic rings.